The number of rotatable bonds is 4. The normalized spacial score (nSPS) is 31.7. The van der Waals surface area contributed by atoms with Crippen LogP contribution >= 0.6 is 0 Å². The zero-order valence-electron chi connectivity index (χ0n) is 31.6. The van der Waals surface area contributed by atoms with Crippen molar-refractivity contribution in [3.63, 3.8) is 0 Å². The van der Waals surface area contributed by atoms with Crippen molar-refractivity contribution >= 4 is 11.2 Å². The lowest BCUT2D eigenvalue weighted by Crippen LogP contribution is -2.41. The Morgan fingerprint density at radius 3 is 2.28 bits per heavy atom. The topological polar surface area (TPSA) is 23.1 Å². The number of fused-ring (bicyclic) bond motifs is 17. The zero-order chi connectivity index (χ0) is 36.2. The van der Waals surface area contributed by atoms with Gasteiger partial charge in [-0.25, -0.2) is 0 Å². The van der Waals surface area contributed by atoms with Crippen molar-refractivity contribution in [2.45, 2.75) is 98.0 Å². The highest BCUT2D eigenvalue weighted by Gasteiger charge is 2.62. The van der Waals surface area contributed by atoms with Gasteiger partial charge in [0.25, 0.3) is 0 Å². The largest absolute Gasteiger partial charge is 0.611 e. The van der Waals surface area contributed by atoms with E-state index in [0.29, 0.717) is 29.6 Å². The van der Waals surface area contributed by atoms with E-state index in [4.69, 9.17) is 0 Å². The molecule has 5 aromatic rings. The van der Waals surface area contributed by atoms with Gasteiger partial charge in [0, 0.05) is 11.8 Å². The molecule has 0 bridgehead atoms. The van der Waals surface area contributed by atoms with Crippen LogP contribution in [0.1, 0.15) is 114 Å². The fourth-order valence-corrected chi connectivity index (χ4v) is 15.1. The van der Waals surface area contributed by atoms with Crippen molar-refractivity contribution < 1.29 is 4.55 Å². The Bertz CT molecular complexity index is 2370. The molecule has 0 heterocycles. The van der Waals surface area contributed by atoms with Crippen molar-refractivity contribution in [1.29, 1.82) is 0 Å². The van der Waals surface area contributed by atoms with Gasteiger partial charge in [-0.1, -0.05) is 140 Å². The van der Waals surface area contributed by atoms with Crippen molar-refractivity contribution in [3.8, 4) is 11.1 Å². The lowest BCUT2D eigenvalue weighted by atomic mass is 9.60. The van der Waals surface area contributed by atoms with Crippen LogP contribution in [0.4, 0.5) is 0 Å². The first-order chi connectivity index (χ1) is 26.6. The van der Waals surface area contributed by atoms with E-state index in [2.05, 4.69) is 147 Å². The highest BCUT2D eigenvalue weighted by Crippen LogP contribution is 2.68. The summed E-state index contributed by atoms with van der Waals surface area (Å²) < 4.78 is 15.4. The third-order valence-electron chi connectivity index (χ3n) is 15.3. The fourth-order valence-electron chi connectivity index (χ4n) is 13.5. The molecule has 1 nitrogen and oxygen atoms in total. The smallest absolute Gasteiger partial charge is 0.153 e. The van der Waals surface area contributed by atoms with E-state index in [1.54, 1.807) is 11.1 Å². The Morgan fingerprint density at radius 2 is 1.39 bits per heavy atom. The molecule has 2 saturated carbocycles. The summed E-state index contributed by atoms with van der Waals surface area (Å²) >= 11 is -1.11. The number of hydrogen-bond acceptors (Lipinski definition) is 1. The van der Waals surface area contributed by atoms with Gasteiger partial charge in [-0.05, 0) is 154 Å². The Hall–Kier alpha value is -4.11. The molecule has 0 saturated heterocycles. The quantitative estimate of drug-likeness (QED) is 0.134. The number of allylic oxidation sites excluding steroid dienone is 4. The van der Waals surface area contributed by atoms with Crippen LogP contribution in [0.15, 0.2) is 138 Å². The van der Waals surface area contributed by atoms with Crippen LogP contribution in [0.5, 0.6) is 0 Å². The molecule has 11 rings (SSSR count). The maximum atomic E-state index is 15.4. The Balaban J connectivity index is 1.03. The molecule has 0 aliphatic heterocycles. The molecule has 0 aromatic heterocycles. The second kappa shape index (κ2) is 12.5. The molecule has 2 spiro atoms. The van der Waals surface area contributed by atoms with Gasteiger partial charge in [0.2, 0.25) is 0 Å². The van der Waals surface area contributed by atoms with Crippen LogP contribution in [0.3, 0.4) is 0 Å². The van der Waals surface area contributed by atoms with E-state index in [0.717, 1.165) is 30.6 Å². The number of aryl methyl sites for hydroxylation is 1. The number of hydrogen-bond donors (Lipinski definition) is 0. The van der Waals surface area contributed by atoms with Gasteiger partial charge in [0.15, 0.2) is 4.90 Å². The van der Waals surface area contributed by atoms with E-state index < -0.39 is 11.2 Å². The SMILES string of the molecule is C/C=C\C=C/C1Cc2ccccc2C12c1cc([S+]([O-])C3CCC4c5ccccc5C5(c6ccccc6-c6ccc(C)cc65)C4C3)ccc1C1CCCCC12. The predicted molar refractivity (Wildman–Crippen MR) is 223 cm³/mol. The van der Waals surface area contributed by atoms with E-state index in [-0.39, 0.29) is 16.1 Å². The van der Waals surface area contributed by atoms with Crippen LogP contribution in [0.2, 0.25) is 0 Å². The van der Waals surface area contributed by atoms with Crippen LogP contribution < -0.4 is 0 Å². The minimum Gasteiger partial charge on any atom is -0.611 e. The highest BCUT2D eigenvalue weighted by molar-refractivity contribution is 7.92. The molecule has 0 amide bonds. The maximum absolute atomic E-state index is 15.4. The van der Waals surface area contributed by atoms with Gasteiger partial charge in [-0.3, -0.25) is 0 Å². The second-order valence-electron chi connectivity index (χ2n) is 17.4. The molecule has 9 atom stereocenters. The van der Waals surface area contributed by atoms with Crippen LogP contribution in [0.25, 0.3) is 11.1 Å². The molecule has 0 radical (unpaired) electrons. The summed E-state index contributed by atoms with van der Waals surface area (Å²) in [7, 11) is 0. The lowest BCUT2D eigenvalue weighted by Gasteiger charge is -2.42. The lowest BCUT2D eigenvalue weighted by molar-refractivity contribution is 0.204. The first-order valence-corrected chi connectivity index (χ1v) is 22.0. The number of benzene rings is 5. The zero-order valence-corrected chi connectivity index (χ0v) is 32.5. The molecule has 9 unspecified atom stereocenters. The molecule has 6 aliphatic rings. The van der Waals surface area contributed by atoms with Crippen LogP contribution in [0, 0.1) is 24.7 Å². The molecule has 2 heteroatoms. The minimum atomic E-state index is -1.11. The molecule has 6 aliphatic carbocycles. The summed E-state index contributed by atoms with van der Waals surface area (Å²) in [6.07, 6.45) is 18.5. The van der Waals surface area contributed by atoms with Gasteiger partial charge in [-0.15, -0.1) is 0 Å². The molecule has 5 aromatic carbocycles. The molecule has 2 fully saturated rings. The van der Waals surface area contributed by atoms with Crippen molar-refractivity contribution in [3.05, 3.63) is 184 Å². The van der Waals surface area contributed by atoms with Crippen molar-refractivity contribution in [2.24, 2.45) is 17.8 Å². The van der Waals surface area contributed by atoms with Gasteiger partial charge in [-0.2, -0.15) is 0 Å². The second-order valence-corrected chi connectivity index (χ2v) is 19.2. The molecular weight excluding hydrogens is 673 g/mol. The predicted octanol–water partition coefficient (Wildman–Crippen LogP) is 12.3. The first kappa shape index (κ1) is 33.2. The van der Waals surface area contributed by atoms with Crippen LogP contribution in [-0.4, -0.2) is 9.80 Å². The minimum absolute atomic E-state index is 0.0563. The average molecular weight is 723 g/mol. The van der Waals surface area contributed by atoms with E-state index >= 15 is 4.55 Å². The van der Waals surface area contributed by atoms with Gasteiger partial charge in [0.05, 0.1) is 5.41 Å². The molecule has 0 N–H and O–H groups in total. The molecular formula is C52H50OS. The van der Waals surface area contributed by atoms with Crippen LogP contribution in [-0.2, 0) is 28.4 Å². The Labute approximate surface area is 324 Å². The third kappa shape index (κ3) is 4.33. The maximum Gasteiger partial charge on any atom is 0.153 e. The average Bonchev–Trinajstić information content (AvgIpc) is 3.90. The summed E-state index contributed by atoms with van der Waals surface area (Å²) in [5, 5.41) is 0.123. The van der Waals surface area contributed by atoms with Crippen molar-refractivity contribution in [1.82, 2.24) is 0 Å². The standard InChI is InChI=1S/C52H50OS/c1-3-4-5-15-35-30-34-14-6-10-19-44(34)51(35)45-20-11-7-16-38(45)42-27-24-36(31-49(42)51)54(53)37-25-28-43-40-18-9-13-22-47(40)52(50(43)32-37)46-21-12-8-17-39(46)41-26-23-33(2)29-48(41)52/h3-6,8-10,12-15,17-19,21-24,26-27,29,31,35,37-38,43,45,50H,7,11,16,20,25,28,30,32H2,1-2H3/b4-3-,15-5-. The molecule has 54 heavy (non-hydrogen) atoms. The highest BCUT2D eigenvalue weighted by atomic mass is 32.2. The van der Waals surface area contributed by atoms with Crippen molar-refractivity contribution in [2.75, 3.05) is 0 Å². The Kier molecular flexibility index (Phi) is 7.67. The Morgan fingerprint density at radius 1 is 0.648 bits per heavy atom. The van der Waals surface area contributed by atoms with Gasteiger partial charge in [0.1, 0.15) is 5.25 Å². The van der Waals surface area contributed by atoms with E-state index in [9.17, 15) is 0 Å². The summed E-state index contributed by atoms with van der Waals surface area (Å²) in [4.78, 5) is 1.06. The molecule has 270 valence electrons. The summed E-state index contributed by atoms with van der Waals surface area (Å²) in [5.74, 6) is 2.42. The first-order valence-electron chi connectivity index (χ1n) is 20.8. The summed E-state index contributed by atoms with van der Waals surface area (Å²) in [6.45, 7) is 4.35. The summed E-state index contributed by atoms with van der Waals surface area (Å²) in [6, 6.07) is 42.2. The summed E-state index contributed by atoms with van der Waals surface area (Å²) in [5.41, 5.74) is 15.8. The third-order valence-corrected chi connectivity index (χ3v) is 17.0. The van der Waals surface area contributed by atoms with Gasteiger partial charge < -0.3 is 4.55 Å². The monoisotopic (exact) mass is 722 g/mol. The van der Waals surface area contributed by atoms with E-state index in [1.165, 1.54) is 75.8 Å². The van der Waals surface area contributed by atoms with E-state index in [1.807, 2.05) is 0 Å². The fraction of sp³-hybridized carbons (Fsp3) is 0.346. The van der Waals surface area contributed by atoms with Gasteiger partial charge >= 0.3 is 0 Å².